The lowest BCUT2D eigenvalue weighted by molar-refractivity contribution is 0.668. The molecule has 0 radical (unpaired) electrons. The Bertz CT molecular complexity index is 2400. The maximum Gasteiger partial charge on any atom is 0.137 e. The lowest BCUT2D eigenvalue weighted by Crippen LogP contribution is -1.94. The summed E-state index contributed by atoms with van der Waals surface area (Å²) in [4.78, 5) is 0. The molecule has 9 aromatic rings. The van der Waals surface area contributed by atoms with Crippen molar-refractivity contribution in [2.75, 3.05) is 0 Å². The third-order valence-corrected chi connectivity index (χ3v) is 7.99. The number of nitrogens with zero attached hydrogens (tertiary/aromatic N) is 1. The average molecular weight is 500 g/mol. The number of hydrogen-bond donors (Lipinski definition) is 0. The minimum atomic E-state index is 0.901. The minimum Gasteiger partial charge on any atom is -0.456 e. The van der Waals surface area contributed by atoms with Crippen LogP contribution in [0, 0.1) is 0 Å². The van der Waals surface area contributed by atoms with Gasteiger partial charge in [0.15, 0.2) is 0 Å². The molecule has 0 aliphatic heterocycles. The van der Waals surface area contributed by atoms with E-state index in [0.717, 1.165) is 60.6 Å². The van der Waals surface area contributed by atoms with Crippen LogP contribution in [-0.4, -0.2) is 4.57 Å². The Kier molecular flexibility index (Phi) is 4.05. The van der Waals surface area contributed by atoms with E-state index in [-0.39, 0.29) is 0 Å². The SMILES string of the molecule is c1cc(-c2cccc3oc4ccccc4c23)cc(-n2c3ccccc3c3cc4c(cc32)oc2ccccc24)c1. The number of benzene rings is 6. The highest BCUT2D eigenvalue weighted by molar-refractivity contribution is 6.17. The highest BCUT2D eigenvalue weighted by atomic mass is 16.3. The molecule has 0 N–H and O–H groups in total. The third-order valence-electron chi connectivity index (χ3n) is 7.99. The van der Waals surface area contributed by atoms with E-state index in [2.05, 4.69) is 102 Å². The van der Waals surface area contributed by atoms with Gasteiger partial charge in [0.25, 0.3) is 0 Å². The Hall–Kier alpha value is -5.28. The lowest BCUT2D eigenvalue weighted by Gasteiger charge is -2.11. The average Bonchev–Trinajstić information content (AvgIpc) is 3.65. The Balaban J connectivity index is 1.34. The van der Waals surface area contributed by atoms with Gasteiger partial charge in [-0.15, -0.1) is 0 Å². The van der Waals surface area contributed by atoms with Crippen LogP contribution in [0.5, 0.6) is 0 Å². The molecule has 3 heterocycles. The summed E-state index contributed by atoms with van der Waals surface area (Å²) < 4.78 is 14.8. The molecule has 0 saturated carbocycles. The van der Waals surface area contributed by atoms with E-state index in [4.69, 9.17) is 8.83 Å². The van der Waals surface area contributed by atoms with Gasteiger partial charge >= 0.3 is 0 Å². The number of hydrogen-bond acceptors (Lipinski definition) is 2. The van der Waals surface area contributed by atoms with Crippen LogP contribution in [0.2, 0.25) is 0 Å². The molecule has 182 valence electrons. The molecule has 0 unspecified atom stereocenters. The molecule has 9 rings (SSSR count). The van der Waals surface area contributed by atoms with Crippen molar-refractivity contribution in [1.82, 2.24) is 4.57 Å². The first-order valence-corrected chi connectivity index (χ1v) is 13.2. The van der Waals surface area contributed by atoms with Crippen LogP contribution in [-0.2, 0) is 0 Å². The summed E-state index contributed by atoms with van der Waals surface area (Å²) >= 11 is 0. The van der Waals surface area contributed by atoms with Gasteiger partial charge in [-0.3, -0.25) is 0 Å². The van der Waals surface area contributed by atoms with Crippen molar-refractivity contribution in [3.63, 3.8) is 0 Å². The molecule has 3 nitrogen and oxygen atoms in total. The highest BCUT2D eigenvalue weighted by Crippen LogP contribution is 2.40. The first-order valence-electron chi connectivity index (χ1n) is 13.2. The van der Waals surface area contributed by atoms with E-state index >= 15 is 0 Å². The van der Waals surface area contributed by atoms with Gasteiger partial charge in [0.05, 0.1) is 11.0 Å². The topological polar surface area (TPSA) is 31.2 Å². The maximum atomic E-state index is 6.30. The zero-order chi connectivity index (χ0) is 25.5. The molecule has 0 fully saturated rings. The zero-order valence-corrected chi connectivity index (χ0v) is 20.9. The fourth-order valence-corrected chi connectivity index (χ4v) is 6.29. The fraction of sp³-hybridized carbons (Fsp3) is 0. The molecule has 6 aromatic carbocycles. The molecule has 0 amide bonds. The van der Waals surface area contributed by atoms with E-state index < -0.39 is 0 Å². The van der Waals surface area contributed by atoms with Crippen LogP contribution in [0.3, 0.4) is 0 Å². The van der Waals surface area contributed by atoms with Crippen LogP contribution in [0.15, 0.2) is 136 Å². The number of fused-ring (bicyclic) bond motifs is 9. The van der Waals surface area contributed by atoms with Crippen LogP contribution in [0.25, 0.3) is 82.5 Å². The maximum absolute atomic E-state index is 6.30. The summed E-state index contributed by atoms with van der Waals surface area (Å²) in [6.45, 7) is 0. The molecule has 0 atom stereocenters. The largest absolute Gasteiger partial charge is 0.456 e. The van der Waals surface area contributed by atoms with Crippen molar-refractivity contribution < 1.29 is 8.83 Å². The standard InChI is InChI=1S/C36H21NO2/c1-4-15-30-25(11-1)28-20-29-26-12-2-5-16-32(26)39-35(29)21-31(28)37(30)23-10-7-9-22(19-23)24-14-8-18-34-36(24)27-13-3-6-17-33(27)38-34/h1-21H. The second-order valence-electron chi connectivity index (χ2n) is 10.1. The summed E-state index contributed by atoms with van der Waals surface area (Å²) in [5, 5.41) is 7.03. The normalized spacial score (nSPS) is 12.1. The molecule has 0 aliphatic rings. The number of para-hydroxylation sites is 3. The van der Waals surface area contributed by atoms with Crippen molar-refractivity contribution in [2.24, 2.45) is 0 Å². The van der Waals surface area contributed by atoms with Crippen LogP contribution >= 0.6 is 0 Å². The predicted molar refractivity (Wildman–Crippen MR) is 161 cm³/mol. The second-order valence-corrected chi connectivity index (χ2v) is 10.1. The number of rotatable bonds is 2. The van der Waals surface area contributed by atoms with Gasteiger partial charge in [0, 0.05) is 44.1 Å². The summed E-state index contributed by atoms with van der Waals surface area (Å²) in [6, 6.07) is 44.8. The molecule has 0 bridgehead atoms. The quantitative estimate of drug-likeness (QED) is 0.237. The Labute approximate surface area is 223 Å². The van der Waals surface area contributed by atoms with Crippen molar-refractivity contribution in [3.8, 4) is 16.8 Å². The van der Waals surface area contributed by atoms with Crippen LogP contribution < -0.4 is 0 Å². The first-order chi connectivity index (χ1) is 19.3. The Morgan fingerprint density at radius 3 is 2.00 bits per heavy atom. The molecular formula is C36H21NO2. The Morgan fingerprint density at radius 1 is 0.410 bits per heavy atom. The zero-order valence-electron chi connectivity index (χ0n) is 20.9. The van der Waals surface area contributed by atoms with Gasteiger partial charge in [0.1, 0.15) is 22.3 Å². The summed E-state index contributed by atoms with van der Waals surface area (Å²) in [5.74, 6) is 0. The van der Waals surface area contributed by atoms with Gasteiger partial charge in [-0.25, -0.2) is 0 Å². The van der Waals surface area contributed by atoms with E-state index in [0.29, 0.717) is 0 Å². The van der Waals surface area contributed by atoms with Crippen LogP contribution in [0.4, 0.5) is 0 Å². The second kappa shape index (κ2) is 7.62. The molecule has 0 saturated heterocycles. The van der Waals surface area contributed by atoms with Crippen LogP contribution in [0.1, 0.15) is 0 Å². The monoisotopic (exact) mass is 499 g/mol. The van der Waals surface area contributed by atoms with Crippen molar-refractivity contribution in [3.05, 3.63) is 127 Å². The van der Waals surface area contributed by atoms with E-state index in [1.165, 1.54) is 21.9 Å². The van der Waals surface area contributed by atoms with Gasteiger partial charge in [-0.05, 0) is 53.6 Å². The molecule has 3 heteroatoms. The Morgan fingerprint density at radius 2 is 1.10 bits per heavy atom. The summed E-state index contributed by atoms with van der Waals surface area (Å²) in [5.41, 5.74) is 9.37. The van der Waals surface area contributed by atoms with Crippen molar-refractivity contribution in [1.29, 1.82) is 0 Å². The summed E-state index contributed by atoms with van der Waals surface area (Å²) in [6.07, 6.45) is 0. The van der Waals surface area contributed by atoms with E-state index in [1.54, 1.807) is 0 Å². The predicted octanol–water partition coefficient (Wildman–Crippen LogP) is 10.2. The van der Waals surface area contributed by atoms with E-state index in [9.17, 15) is 0 Å². The van der Waals surface area contributed by atoms with E-state index in [1.807, 2.05) is 30.3 Å². The number of aromatic nitrogens is 1. The number of furan rings is 2. The van der Waals surface area contributed by atoms with Gasteiger partial charge in [-0.2, -0.15) is 0 Å². The van der Waals surface area contributed by atoms with Gasteiger partial charge in [0.2, 0.25) is 0 Å². The smallest absolute Gasteiger partial charge is 0.137 e. The summed E-state index contributed by atoms with van der Waals surface area (Å²) in [7, 11) is 0. The molecule has 0 aliphatic carbocycles. The molecular weight excluding hydrogens is 478 g/mol. The lowest BCUT2D eigenvalue weighted by atomic mass is 9.99. The van der Waals surface area contributed by atoms with Gasteiger partial charge < -0.3 is 13.4 Å². The highest BCUT2D eigenvalue weighted by Gasteiger charge is 2.17. The molecule has 39 heavy (non-hydrogen) atoms. The fourth-order valence-electron chi connectivity index (χ4n) is 6.29. The van der Waals surface area contributed by atoms with Crippen molar-refractivity contribution >= 4 is 65.7 Å². The first kappa shape index (κ1) is 20.7. The van der Waals surface area contributed by atoms with Crippen molar-refractivity contribution in [2.45, 2.75) is 0 Å². The molecule has 0 spiro atoms. The minimum absolute atomic E-state index is 0.901. The van der Waals surface area contributed by atoms with Gasteiger partial charge in [-0.1, -0.05) is 78.9 Å². The molecule has 3 aromatic heterocycles. The third kappa shape index (κ3) is 2.87.